The molecule has 96 valence electrons. The molecule has 0 amide bonds. The number of halogens is 1. The van der Waals surface area contributed by atoms with E-state index in [0.717, 1.165) is 18.8 Å². The van der Waals surface area contributed by atoms with E-state index in [-0.39, 0.29) is 6.61 Å². The fraction of sp³-hybridized carbons (Fsp3) is 0.800. The molecule has 2 rings (SSSR count). The Hall–Kier alpha value is -0.270. The van der Waals surface area contributed by atoms with Crippen LogP contribution in [-0.2, 0) is 6.54 Å². The predicted molar refractivity (Wildman–Crippen MR) is 68.3 cm³/mol. The summed E-state index contributed by atoms with van der Waals surface area (Å²) in [6.07, 6.45) is 2.43. The average Bonchev–Trinajstić information content (AvgIpc) is 2.92. The Bertz CT molecular complexity index is 343. The van der Waals surface area contributed by atoms with Crippen molar-refractivity contribution in [1.82, 2.24) is 19.8 Å². The Labute approximate surface area is 110 Å². The maximum atomic E-state index is 9.08. The van der Waals surface area contributed by atoms with Gasteiger partial charge in [0, 0.05) is 37.2 Å². The van der Waals surface area contributed by atoms with Crippen molar-refractivity contribution < 1.29 is 5.11 Å². The van der Waals surface area contributed by atoms with Crippen LogP contribution in [0.25, 0.3) is 0 Å². The second kappa shape index (κ2) is 6.61. The number of nitrogens with zero attached hydrogens (tertiary/aromatic N) is 3. The lowest BCUT2D eigenvalue weighted by atomic mass is 10.2. The molecule has 2 N–H and O–H groups in total. The second-order valence-corrected chi connectivity index (χ2v) is 5.60. The highest BCUT2D eigenvalue weighted by molar-refractivity contribution is 7.10. The largest absolute Gasteiger partial charge is 0.395 e. The monoisotopic (exact) mass is 276 g/mol. The maximum Gasteiger partial charge on any atom is 0.138 e. The van der Waals surface area contributed by atoms with Crippen LogP contribution in [0.1, 0.15) is 18.5 Å². The summed E-state index contributed by atoms with van der Waals surface area (Å²) in [5.74, 6) is 0. The molecule has 1 atom stereocenters. The molecule has 1 aliphatic heterocycles. The molecule has 2 heterocycles. The fourth-order valence-electron chi connectivity index (χ4n) is 2.10. The summed E-state index contributed by atoms with van der Waals surface area (Å²) >= 11 is 7.20. The molecular weight excluding hydrogens is 260 g/mol. The summed E-state index contributed by atoms with van der Waals surface area (Å²) in [5, 5.41) is 16.5. The number of hydrogen-bond donors (Lipinski definition) is 2. The summed E-state index contributed by atoms with van der Waals surface area (Å²) in [6, 6.07) is 0.520. The highest BCUT2D eigenvalue weighted by atomic mass is 35.5. The maximum absolute atomic E-state index is 9.08. The predicted octanol–water partition coefficient (Wildman–Crippen LogP) is 0.738. The number of aliphatic hydroxyl groups is 1. The van der Waals surface area contributed by atoms with Gasteiger partial charge in [0.1, 0.15) is 10.0 Å². The molecule has 0 aliphatic carbocycles. The summed E-state index contributed by atoms with van der Waals surface area (Å²) < 4.78 is 4.47. The van der Waals surface area contributed by atoms with E-state index in [1.807, 2.05) is 0 Å². The Morgan fingerprint density at radius 3 is 3.06 bits per heavy atom. The molecule has 1 unspecified atom stereocenters. The third kappa shape index (κ3) is 3.86. The number of nitrogens with one attached hydrogen (secondary N) is 1. The van der Waals surface area contributed by atoms with Crippen LogP contribution >= 0.6 is 23.1 Å². The van der Waals surface area contributed by atoms with Gasteiger partial charge in [-0.05, 0) is 19.4 Å². The fourth-order valence-corrected chi connectivity index (χ4v) is 2.72. The lowest BCUT2D eigenvalue weighted by Gasteiger charge is -2.23. The first-order valence-electron chi connectivity index (χ1n) is 5.83. The Morgan fingerprint density at radius 2 is 2.47 bits per heavy atom. The van der Waals surface area contributed by atoms with E-state index >= 15 is 0 Å². The molecule has 1 fully saturated rings. The van der Waals surface area contributed by atoms with E-state index in [1.165, 1.54) is 24.4 Å². The van der Waals surface area contributed by atoms with Gasteiger partial charge in [-0.3, -0.25) is 4.90 Å². The van der Waals surface area contributed by atoms with Gasteiger partial charge in [0.2, 0.25) is 0 Å². The third-order valence-corrected chi connectivity index (χ3v) is 3.92. The molecule has 0 radical (unpaired) electrons. The van der Waals surface area contributed by atoms with Crippen LogP contribution in [0.3, 0.4) is 0 Å². The van der Waals surface area contributed by atoms with Crippen LogP contribution in [0.2, 0.25) is 4.34 Å². The van der Waals surface area contributed by atoms with Crippen LogP contribution in [-0.4, -0.2) is 51.9 Å². The molecular formula is C10H17ClN4OS. The summed E-state index contributed by atoms with van der Waals surface area (Å²) in [4.78, 5) is 2.17. The second-order valence-electron chi connectivity index (χ2n) is 4.25. The summed E-state index contributed by atoms with van der Waals surface area (Å²) in [6.45, 7) is 3.48. The molecule has 0 aromatic carbocycles. The third-order valence-electron chi connectivity index (χ3n) is 2.94. The van der Waals surface area contributed by atoms with E-state index in [2.05, 4.69) is 19.8 Å². The Kier molecular flexibility index (Phi) is 5.12. The molecule has 0 spiro atoms. The van der Waals surface area contributed by atoms with Gasteiger partial charge in [0.25, 0.3) is 0 Å². The van der Waals surface area contributed by atoms with Crippen molar-refractivity contribution in [3.8, 4) is 0 Å². The quantitative estimate of drug-likeness (QED) is 0.802. The van der Waals surface area contributed by atoms with E-state index in [1.54, 1.807) is 0 Å². The minimum absolute atomic E-state index is 0.155. The molecule has 5 nitrogen and oxygen atoms in total. The topological polar surface area (TPSA) is 61.3 Å². The highest BCUT2D eigenvalue weighted by Gasteiger charge is 2.19. The van der Waals surface area contributed by atoms with E-state index < -0.39 is 0 Å². The van der Waals surface area contributed by atoms with Gasteiger partial charge >= 0.3 is 0 Å². The van der Waals surface area contributed by atoms with Crippen molar-refractivity contribution in [1.29, 1.82) is 0 Å². The van der Waals surface area contributed by atoms with Gasteiger partial charge in [-0.2, -0.15) is 0 Å². The average molecular weight is 277 g/mol. The number of aromatic nitrogens is 2. The Balaban J connectivity index is 1.89. The van der Waals surface area contributed by atoms with Crippen LogP contribution in [0.5, 0.6) is 0 Å². The minimum atomic E-state index is 0.155. The van der Waals surface area contributed by atoms with Crippen molar-refractivity contribution >= 4 is 23.1 Å². The zero-order chi connectivity index (χ0) is 12.1. The molecule has 1 aromatic heterocycles. The van der Waals surface area contributed by atoms with Gasteiger partial charge in [0.15, 0.2) is 0 Å². The van der Waals surface area contributed by atoms with Crippen LogP contribution in [0.4, 0.5) is 0 Å². The SMILES string of the molecule is OCCN(Cc1nnsc1Cl)CC1CCCN1. The lowest BCUT2D eigenvalue weighted by molar-refractivity contribution is 0.177. The van der Waals surface area contributed by atoms with Gasteiger partial charge in [-0.25, -0.2) is 0 Å². The van der Waals surface area contributed by atoms with Crippen molar-refractivity contribution in [2.24, 2.45) is 0 Å². The van der Waals surface area contributed by atoms with E-state index in [9.17, 15) is 0 Å². The zero-order valence-electron chi connectivity index (χ0n) is 9.60. The summed E-state index contributed by atoms with van der Waals surface area (Å²) in [7, 11) is 0. The Morgan fingerprint density at radius 1 is 1.59 bits per heavy atom. The van der Waals surface area contributed by atoms with E-state index in [0.29, 0.717) is 23.5 Å². The molecule has 1 aromatic rings. The smallest absolute Gasteiger partial charge is 0.138 e. The first-order valence-corrected chi connectivity index (χ1v) is 6.98. The molecule has 0 bridgehead atoms. The normalized spacial score (nSPS) is 20.3. The molecule has 1 saturated heterocycles. The lowest BCUT2D eigenvalue weighted by Crippen LogP contribution is -2.38. The van der Waals surface area contributed by atoms with Crippen molar-refractivity contribution in [3.05, 3.63) is 10.0 Å². The van der Waals surface area contributed by atoms with Gasteiger partial charge in [0.05, 0.1) is 6.61 Å². The molecule has 7 heteroatoms. The van der Waals surface area contributed by atoms with Gasteiger partial charge in [-0.15, -0.1) is 5.10 Å². The van der Waals surface area contributed by atoms with Crippen LogP contribution in [0, 0.1) is 0 Å². The van der Waals surface area contributed by atoms with Crippen LogP contribution < -0.4 is 5.32 Å². The first-order chi connectivity index (χ1) is 8.29. The van der Waals surface area contributed by atoms with Gasteiger partial charge in [-0.1, -0.05) is 16.1 Å². The first kappa shape index (κ1) is 13.2. The zero-order valence-corrected chi connectivity index (χ0v) is 11.2. The molecule has 1 aliphatic rings. The number of hydrogen-bond acceptors (Lipinski definition) is 6. The molecule has 17 heavy (non-hydrogen) atoms. The minimum Gasteiger partial charge on any atom is -0.395 e. The summed E-state index contributed by atoms with van der Waals surface area (Å²) in [5.41, 5.74) is 0.808. The van der Waals surface area contributed by atoms with Gasteiger partial charge < -0.3 is 10.4 Å². The van der Waals surface area contributed by atoms with Crippen molar-refractivity contribution in [2.45, 2.75) is 25.4 Å². The van der Waals surface area contributed by atoms with Crippen molar-refractivity contribution in [2.75, 3.05) is 26.2 Å². The number of aliphatic hydroxyl groups excluding tert-OH is 1. The van der Waals surface area contributed by atoms with E-state index in [4.69, 9.17) is 16.7 Å². The molecule has 0 saturated carbocycles. The van der Waals surface area contributed by atoms with Crippen molar-refractivity contribution in [3.63, 3.8) is 0 Å². The highest BCUT2D eigenvalue weighted by Crippen LogP contribution is 2.19. The standard InChI is InChI=1S/C10H17ClN4OS/c11-10-9(13-14-17-10)7-15(4-5-16)6-8-2-1-3-12-8/h8,12,16H,1-7H2. The number of rotatable bonds is 6. The van der Waals surface area contributed by atoms with Crippen LogP contribution in [0.15, 0.2) is 0 Å².